The molecule has 2 nitrogen and oxygen atoms in total. The molecule has 2 unspecified atom stereocenters. The van der Waals surface area contributed by atoms with Gasteiger partial charge in [-0.3, -0.25) is 0 Å². The van der Waals surface area contributed by atoms with E-state index in [9.17, 15) is 10.2 Å². The first-order chi connectivity index (χ1) is 7.60. The smallest absolute Gasteiger partial charge is 0.105 e. The zero-order valence-corrected chi connectivity index (χ0v) is 11.0. The zero-order valence-electron chi connectivity index (χ0n) is 8.61. The Hall–Kier alpha value is 0.0700. The molecule has 0 saturated carbocycles. The second kappa shape index (κ2) is 6.72. The predicted octanol–water partition coefficient (Wildman–Crippen LogP) is 2.79. The van der Waals surface area contributed by atoms with Crippen LogP contribution in [0.15, 0.2) is 18.2 Å². The third kappa shape index (κ3) is 3.54. The normalized spacial score (nSPS) is 14.8. The number of rotatable bonds is 5. The van der Waals surface area contributed by atoms with Gasteiger partial charge in [-0.15, -0.1) is 11.6 Å². The molecule has 0 spiro atoms. The molecule has 0 aliphatic rings. The Balaban J connectivity index is 2.87. The number of alkyl halides is 1. The quantitative estimate of drug-likeness (QED) is 0.574. The lowest BCUT2D eigenvalue weighted by Gasteiger charge is -2.18. The highest BCUT2D eigenvalue weighted by Crippen LogP contribution is 2.25. The second-order valence-electron chi connectivity index (χ2n) is 3.51. The van der Waals surface area contributed by atoms with E-state index in [4.69, 9.17) is 23.2 Å². The van der Waals surface area contributed by atoms with Crippen LogP contribution in [-0.4, -0.2) is 22.1 Å². The molecule has 0 bridgehead atoms. The van der Waals surface area contributed by atoms with Crippen LogP contribution >= 0.6 is 35.8 Å². The lowest BCUT2D eigenvalue weighted by atomic mass is 10.0. The number of benzene rings is 1. The summed E-state index contributed by atoms with van der Waals surface area (Å²) in [7, 11) is 0. The molecular formula is C11H14Cl2O2S. The van der Waals surface area contributed by atoms with Crippen molar-refractivity contribution in [1.29, 1.82) is 0 Å². The summed E-state index contributed by atoms with van der Waals surface area (Å²) in [4.78, 5) is 0. The highest BCUT2D eigenvalue weighted by atomic mass is 35.5. The van der Waals surface area contributed by atoms with Gasteiger partial charge in [0, 0.05) is 10.9 Å². The van der Waals surface area contributed by atoms with Gasteiger partial charge in [-0.05, 0) is 29.4 Å². The van der Waals surface area contributed by atoms with Crippen LogP contribution in [0.1, 0.15) is 23.7 Å². The summed E-state index contributed by atoms with van der Waals surface area (Å²) in [6, 6.07) is 5.07. The maximum atomic E-state index is 9.86. The highest BCUT2D eigenvalue weighted by Gasteiger charge is 2.18. The number of hydrogen-bond acceptors (Lipinski definition) is 3. The Kier molecular flexibility index (Phi) is 5.94. The zero-order chi connectivity index (χ0) is 12.1. The van der Waals surface area contributed by atoms with Crippen LogP contribution in [0.2, 0.25) is 5.02 Å². The van der Waals surface area contributed by atoms with E-state index in [2.05, 4.69) is 12.6 Å². The van der Waals surface area contributed by atoms with Crippen LogP contribution in [-0.2, 0) is 5.88 Å². The monoisotopic (exact) mass is 280 g/mol. The van der Waals surface area contributed by atoms with E-state index in [1.54, 1.807) is 18.2 Å². The predicted molar refractivity (Wildman–Crippen MR) is 70.4 cm³/mol. The summed E-state index contributed by atoms with van der Waals surface area (Å²) in [6.07, 6.45) is -1.31. The molecule has 1 aromatic carbocycles. The van der Waals surface area contributed by atoms with Gasteiger partial charge in [0.15, 0.2) is 0 Å². The number of halogens is 2. The molecule has 0 aliphatic heterocycles. The SMILES string of the molecule is OC(CCS)C(O)c1ccc(Cl)c(CCl)c1. The maximum Gasteiger partial charge on any atom is 0.105 e. The molecule has 1 rings (SSSR count). The van der Waals surface area contributed by atoms with Crippen molar-refractivity contribution in [2.45, 2.75) is 24.5 Å². The Morgan fingerprint density at radius 1 is 1.31 bits per heavy atom. The molecule has 0 saturated heterocycles. The Morgan fingerprint density at radius 3 is 2.56 bits per heavy atom. The summed E-state index contributed by atoms with van der Waals surface area (Å²) >= 11 is 15.6. The maximum absolute atomic E-state index is 9.86. The van der Waals surface area contributed by atoms with Crippen LogP contribution in [0.5, 0.6) is 0 Å². The average Bonchev–Trinajstić information content (AvgIpc) is 2.29. The Labute approximate surface area is 111 Å². The fourth-order valence-electron chi connectivity index (χ4n) is 1.39. The molecule has 0 radical (unpaired) electrons. The second-order valence-corrected chi connectivity index (χ2v) is 4.63. The number of aliphatic hydroxyl groups is 2. The van der Waals surface area contributed by atoms with E-state index in [-0.39, 0.29) is 5.88 Å². The first-order valence-electron chi connectivity index (χ1n) is 4.91. The fraction of sp³-hybridized carbons (Fsp3) is 0.455. The minimum absolute atomic E-state index is 0.280. The highest BCUT2D eigenvalue weighted by molar-refractivity contribution is 7.80. The van der Waals surface area contributed by atoms with Gasteiger partial charge >= 0.3 is 0 Å². The number of thiol groups is 1. The third-order valence-electron chi connectivity index (χ3n) is 2.34. The summed E-state index contributed by atoms with van der Waals surface area (Å²) in [5.74, 6) is 0.802. The molecule has 0 heterocycles. The van der Waals surface area contributed by atoms with Gasteiger partial charge < -0.3 is 10.2 Å². The summed E-state index contributed by atoms with van der Waals surface area (Å²) in [6.45, 7) is 0. The van der Waals surface area contributed by atoms with Gasteiger partial charge in [-0.1, -0.05) is 23.7 Å². The van der Waals surface area contributed by atoms with Crippen molar-refractivity contribution < 1.29 is 10.2 Å². The molecule has 1 aromatic rings. The van der Waals surface area contributed by atoms with Crippen LogP contribution in [0.25, 0.3) is 0 Å². The average molecular weight is 281 g/mol. The Bertz CT molecular complexity index is 347. The topological polar surface area (TPSA) is 40.5 Å². The summed E-state index contributed by atoms with van der Waals surface area (Å²) < 4.78 is 0. The number of aliphatic hydroxyl groups excluding tert-OH is 2. The minimum Gasteiger partial charge on any atom is -0.390 e. The fourth-order valence-corrected chi connectivity index (χ4v) is 2.13. The molecule has 90 valence electrons. The van der Waals surface area contributed by atoms with Crippen LogP contribution < -0.4 is 0 Å². The summed E-state index contributed by atoms with van der Waals surface area (Å²) in [5, 5.41) is 20.1. The van der Waals surface area contributed by atoms with Gasteiger partial charge in [-0.2, -0.15) is 12.6 Å². The molecule has 0 amide bonds. The lowest BCUT2D eigenvalue weighted by Crippen LogP contribution is -2.18. The molecule has 16 heavy (non-hydrogen) atoms. The standard InChI is InChI=1S/C11H14Cl2O2S/c12-6-8-5-7(1-2-9(8)13)11(15)10(14)3-4-16/h1-2,5,10-11,14-16H,3-4,6H2. The molecule has 2 atom stereocenters. The van der Waals surface area contributed by atoms with Crippen LogP contribution in [0, 0.1) is 0 Å². The van der Waals surface area contributed by atoms with Crippen molar-refractivity contribution in [3.8, 4) is 0 Å². The van der Waals surface area contributed by atoms with Crippen molar-refractivity contribution in [2.75, 3.05) is 5.75 Å². The van der Waals surface area contributed by atoms with E-state index in [0.29, 0.717) is 22.8 Å². The minimum atomic E-state index is -0.925. The van der Waals surface area contributed by atoms with E-state index in [1.807, 2.05) is 0 Å². The van der Waals surface area contributed by atoms with Gasteiger partial charge in [-0.25, -0.2) is 0 Å². The van der Waals surface area contributed by atoms with Crippen molar-refractivity contribution in [1.82, 2.24) is 0 Å². The van der Waals surface area contributed by atoms with E-state index in [1.165, 1.54) is 0 Å². The van der Waals surface area contributed by atoms with Crippen LogP contribution in [0.4, 0.5) is 0 Å². The van der Waals surface area contributed by atoms with Crippen molar-refractivity contribution in [2.24, 2.45) is 0 Å². The largest absolute Gasteiger partial charge is 0.390 e. The first-order valence-corrected chi connectivity index (χ1v) is 6.46. The van der Waals surface area contributed by atoms with Crippen molar-refractivity contribution in [3.63, 3.8) is 0 Å². The molecule has 0 aromatic heterocycles. The van der Waals surface area contributed by atoms with E-state index >= 15 is 0 Å². The molecule has 0 fully saturated rings. The summed E-state index contributed by atoms with van der Waals surface area (Å²) in [5.41, 5.74) is 1.37. The molecule has 2 N–H and O–H groups in total. The third-order valence-corrected chi connectivity index (χ3v) is 3.26. The van der Waals surface area contributed by atoms with Gasteiger partial charge in [0.1, 0.15) is 6.10 Å². The van der Waals surface area contributed by atoms with E-state index < -0.39 is 12.2 Å². The van der Waals surface area contributed by atoms with Gasteiger partial charge in [0.25, 0.3) is 0 Å². The molecular weight excluding hydrogens is 267 g/mol. The molecule has 5 heteroatoms. The first kappa shape index (κ1) is 14.1. The van der Waals surface area contributed by atoms with Crippen LogP contribution in [0.3, 0.4) is 0 Å². The van der Waals surface area contributed by atoms with Gasteiger partial charge in [0.2, 0.25) is 0 Å². The molecule has 0 aliphatic carbocycles. The van der Waals surface area contributed by atoms with Crippen molar-refractivity contribution >= 4 is 35.8 Å². The van der Waals surface area contributed by atoms with E-state index in [0.717, 1.165) is 5.56 Å². The lowest BCUT2D eigenvalue weighted by molar-refractivity contribution is 0.0172. The number of hydrogen-bond donors (Lipinski definition) is 3. The Morgan fingerprint density at radius 2 is 2.00 bits per heavy atom. The van der Waals surface area contributed by atoms with Crippen molar-refractivity contribution in [3.05, 3.63) is 34.3 Å². The van der Waals surface area contributed by atoms with Gasteiger partial charge in [0.05, 0.1) is 6.10 Å².